The van der Waals surface area contributed by atoms with Crippen LogP contribution in [-0.2, 0) is 15.6 Å². The Labute approximate surface area is 182 Å². The molecule has 1 atom stereocenters. The number of carbonyl (C=O) groups is 1. The lowest BCUT2D eigenvalue weighted by molar-refractivity contribution is 0.251. The molecule has 2 amide bonds. The van der Waals surface area contributed by atoms with Crippen LogP contribution < -0.4 is 16.0 Å². The number of hydrogen-bond donors (Lipinski definition) is 4. The van der Waals surface area contributed by atoms with Gasteiger partial charge in [0, 0.05) is 29.4 Å². The first-order valence-corrected chi connectivity index (χ1v) is 12.0. The normalized spacial score (nSPS) is 14.9. The van der Waals surface area contributed by atoms with Gasteiger partial charge in [-0.25, -0.2) is 23.2 Å². The molecule has 3 rings (SSSR count). The van der Waals surface area contributed by atoms with E-state index in [2.05, 4.69) is 25.9 Å². The van der Waals surface area contributed by atoms with Gasteiger partial charge in [-0.1, -0.05) is 0 Å². The average molecular weight is 448 g/mol. The minimum Gasteiger partial charge on any atom is -0.394 e. The molecule has 4 N–H and O–H groups in total. The third-order valence-corrected chi connectivity index (χ3v) is 6.96. The molecule has 168 valence electrons. The van der Waals surface area contributed by atoms with Gasteiger partial charge in [-0.15, -0.1) is 0 Å². The number of urea groups is 1. The third-order valence-electron chi connectivity index (χ3n) is 4.83. The highest BCUT2D eigenvalue weighted by atomic mass is 32.2. The zero-order valence-corrected chi connectivity index (χ0v) is 18.7. The van der Waals surface area contributed by atoms with Crippen LogP contribution in [0.4, 0.5) is 16.3 Å². The van der Waals surface area contributed by atoms with E-state index in [1.807, 2.05) is 0 Å². The number of amides is 2. The molecule has 1 fully saturated rings. The molecule has 1 aromatic heterocycles. The van der Waals surface area contributed by atoms with Crippen molar-refractivity contribution in [3.63, 3.8) is 0 Å². The molecule has 1 heterocycles. The molecule has 0 radical (unpaired) electrons. The fourth-order valence-electron chi connectivity index (χ4n) is 2.73. The first kappa shape index (κ1) is 23.0. The van der Waals surface area contributed by atoms with Crippen LogP contribution in [0.25, 0.3) is 11.4 Å². The topological polar surface area (TPSA) is 133 Å². The summed E-state index contributed by atoms with van der Waals surface area (Å²) >= 11 is 0. The zero-order chi connectivity index (χ0) is 22.6. The smallest absolute Gasteiger partial charge is 0.319 e. The molecular weight excluding hydrogens is 418 g/mol. The van der Waals surface area contributed by atoms with Crippen molar-refractivity contribution >= 4 is 27.4 Å². The second-order valence-electron chi connectivity index (χ2n) is 8.10. The number of benzene rings is 1. The number of anilines is 2. The number of aromatic nitrogens is 2. The second kappa shape index (κ2) is 9.61. The van der Waals surface area contributed by atoms with E-state index in [0.717, 1.165) is 12.8 Å². The van der Waals surface area contributed by atoms with Crippen LogP contribution in [0.5, 0.6) is 0 Å². The van der Waals surface area contributed by atoms with Gasteiger partial charge in [0.25, 0.3) is 0 Å². The lowest BCUT2D eigenvalue weighted by atomic mass is 10.2. The Kier molecular flexibility index (Phi) is 7.11. The number of nitrogens with one attached hydrogen (secondary N) is 3. The summed E-state index contributed by atoms with van der Waals surface area (Å²) in [4.78, 5) is 20.8. The Balaban J connectivity index is 1.84. The summed E-state index contributed by atoms with van der Waals surface area (Å²) in [5, 5.41) is 17.5. The van der Waals surface area contributed by atoms with Crippen LogP contribution in [0, 0.1) is 0 Å². The highest BCUT2D eigenvalue weighted by Gasteiger charge is 2.23. The number of aliphatic hydroxyl groups is 1. The van der Waals surface area contributed by atoms with Crippen molar-refractivity contribution in [1.29, 1.82) is 0 Å². The zero-order valence-electron chi connectivity index (χ0n) is 17.9. The molecule has 0 saturated heterocycles. The van der Waals surface area contributed by atoms with Crippen molar-refractivity contribution in [2.75, 3.05) is 17.2 Å². The van der Waals surface area contributed by atoms with Gasteiger partial charge in [-0.3, -0.25) is 0 Å². The van der Waals surface area contributed by atoms with Crippen LogP contribution in [0.2, 0.25) is 0 Å². The van der Waals surface area contributed by atoms with Crippen LogP contribution >= 0.6 is 0 Å². The molecule has 1 saturated carbocycles. The van der Waals surface area contributed by atoms with Crippen molar-refractivity contribution in [3.8, 4) is 11.4 Å². The maximum atomic E-state index is 12.4. The van der Waals surface area contributed by atoms with Crippen LogP contribution in [0.1, 0.15) is 39.3 Å². The number of rotatable bonds is 9. The summed E-state index contributed by atoms with van der Waals surface area (Å²) in [5.41, 5.74) is 1.68. The number of carbonyl (C=O) groups excluding carboxylic acids is 1. The van der Waals surface area contributed by atoms with Crippen molar-refractivity contribution in [2.45, 2.75) is 56.7 Å². The molecule has 10 heteroatoms. The van der Waals surface area contributed by atoms with Crippen molar-refractivity contribution in [3.05, 3.63) is 36.0 Å². The standard InChI is InChI=1S/C21H29N5O4S/c1-13(2)31(29,30)12-18-10-19(22-14(3)11-27)26-20(23-18)15-4-6-16(7-5-15)24-21(28)25-17-8-9-17/h4-7,10,13-14,17,27H,8-9,11-12H2,1-3H3,(H,22,23,26)(H2,24,25,28)/t14-/m0/s1. The summed E-state index contributed by atoms with van der Waals surface area (Å²) in [6, 6.07) is 8.38. The molecule has 1 aliphatic rings. The second-order valence-corrected chi connectivity index (χ2v) is 10.7. The van der Waals surface area contributed by atoms with Crippen LogP contribution in [0.15, 0.2) is 30.3 Å². The van der Waals surface area contributed by atoms with Gasteiger partial charge in [0.2, 0.25) is 0 Å². The minimum atomic E-state index is -3.35. The first-order chi connectivity index (χ1) is 14.7. The highest BCUT2D eigenvalue weighted by molar-refractivity contribution is 7.91. The Morgan fingerprint density at radius 3 is 2.42 bits per heavy atom. The largest absolute Gasteiger partial charge is 0.394 e. The molecule has 9 nitrogen and oxygen atoms in total. The number of hydrogen-bond acceptors (Lipinski definition) is 7. The molecule has 2 aromatic rings. The summed E-state index contributed by atoms with van der Waals surface area (Å²) in [7, 11) is -3.35. The van der Waals surface area contributed by atoms with Crippen LogP contribution in [-0.4, -0.2) is 53.5 Å². The van der Waals surface area contributed by atoms with Gasteiger partial charge in [-0.05, 0) is 57.9 Å². The lowest BCUT2D eigenvalue weighted by Crippen LogP contribution is -2.30. The predicted octanol–water partition coefficient (Wildman–Crippen LogP) is 2.54. The minimum absolute atomic E-state index is 0.0950. The molecule has 0 unspecified atom stereocenters. The number of nitrogens with zero attached hydrogens (tertiary/aromatic N) is 2. The monoisotopic (exact) mass is 447 g/mol. The fourth-order valence-corrected chi connectivity index (χ4v) is 3.62. The Morgan fingerprint density at radius 2 is 1.84 bits per heavy atom. The number of sulfone groups is 1. The van der Waals surface area contributed by atoms with Gasteiger partial charge in [-0.2, -0.15) is 0 Å². The lowest BCUT2D eigenvalue weighted by Gasteiger charge is -2.15. The SMILES string of the molecule is CC(C)S(=O)(=O)Cc1cc(N[C@@H](C)CO)nc(-c2ccc(NC(=O)NC3CC3)cc2)n1. The quantitative estimate of drug-likeness (QED) is 0.464. The Bertz CT molecular complexity index is 1020. The first-order valence-electron chi connectivity index (χ1n) is 10.3. The van der Waals surface area contributed by atoms with Crippen molar-refractivity contribution in [1.82, 2.24) is 15.3 Å². The summed E-state index contributed by atoms with van der Waals surface area (Å²) in [6.45, 7) is 4.97. The average Bonchev–Trinajstić information content (AvgIpc) is 3.51. The summed E-state index contributed by atoms with van der Waals surface area (Å²) in [5.74, 6) is 0.591. The van der Waals surface area contributed by atoms with Crippen LogP contribution in [0.3, 0.4) is 0 Å². The Morgan fingerprint density at radius 1 is 1.16 bits per heavy atom. The fraction of sp³-hybridized carbons (Fsp3) is 0.476. The van der Waals surface area contributed by atoms with Gasteiger partial charge >= 0.3 is 6.03 Å². The predicted molar refractivity (Wildman–Crippen MR) is 121 cm³/mol. The van der Waals surface area contributed by atoms with Gasteiger partial charge in [0.1, 0.15) is 5.82 Å². The molecular formula is C21H29N5O4S. The van der Waals surface area contributed by atoms with E-state index in [0.29, 0.717) is 28.6 Å². The third kappa shape index (κ3) is 6.63. The number of aliphatic hydroxyl groups excluding tert-OH is 1. The van der Waals surface area contributed by atoms with E-state index in [1.165, 1.54) is 0 Å². The van der Waals surface area contributed by atoms with E-state index in [-0.39, 0.29) is 30.5 Å². The Hall–Kier alpha value is -2.72. The van der Waals surface area contributed by atoms with Gasteiger partial charge < -0.3 is 21.1 Å². The molecule has 1 aromatic carbocycles. The van der Waals surface area contributed by atoms with Crippen molar-refractivity contribution in [2.24, 2.45) is 0 Å². The van der Waals surface area contributed by atoms with E-state index in [1.54, 1.807) is 51.1 Å². The summed E-state index contributed by atoms with van der Waals surface area (Å²) < 4.78 is 24.8. The van der Waals surface area contributed by atoms with E-state index < -0.39 is 15.1 Å². The maximum absolute atomic E-state index is 12.4. The molecule has 1 aliphatic carbocycles. The van der Waals surface area contributed by atoms with E-state index in [4.69, 9.17) is 0 Å². The van der Waals surface area contributed by atoms with Gasteiger partial charge in [0.05, 0.1) is 23.3 Å². The molecule has 31 heavy (non-hydrogen) atoms. The van der Waals surface area contributed by atoms with E-state index >= 15 is 0 Å². The van der Waals surface area contributed by atoms with Crippen molar-refractivity contribution < 1.29 is 18.3 Å². The summed E-state index contributed by atoms with van der Waals surface area (Å²) in [6.07, 6.45) is 2.02. The molecule has 0 aliphatic heterocycles. The van der Waals surface area contributed by atoms with Gasteiger partial charge in [0.15, 0.2) is 15.7 Å². The van der Waals surface area contributed by atoms with E-state index in [9.17, 15) is 18.3 Å². The maximum Gasteiger partial charge on any atom is 0.319 e. The molecule has 0 spiro atoms. The molecule has 0 bridgehead atoms. The highest BCUT2D eigenvalue weighted by Crippen LogP contribution is 2.23.